The van der Waals surface area contributed by atoms with Gasteiger partial charge in [-0.1, -0.05) is 0 Å². The SMILES string of the molecule is COc1ccc(-c2nc3c(c(NCCN)n2)CCC3)cc1. The summed E-state index contributed by atoms with van der Waals surface area (Å²) in [4.78, 5) is 9.41. The van der Waals surface area contributed by atoms with E-state index >= 15 is 0 Å². The van der Waals surface area contributed by atoms with Crippen molar-refractivity contribution in [2.75, 3.05) is 25.5 Å². The van der Waals surface area contributed by atoms with Crippen LogP contribution in [-0.2, 0) is 12.8 Å². The third-order valence-electron chi connectivity index (χ3n) is 3.72. The van der Waals surface area contributed by atoms with Crippen LogP contribution in [0, 0.1) is 0 Å². The van der Waals surface area contributed by atoms with E-state index in [1.807, 2.05) is 24.3 Å². The molecular weight excluding hydrogens is 264 g/mol. The number of nitrogens with two attached hydrogens (primary N) is 1. The molecule has 5 nitrogen and oxygen atoms in total. The quantitative estimate of drug-likeness (QED) is 0.878. The average Bonchev–Trinajstić information content (AvgIpc) is 3.01. The van der Waals surface area contributed by atoms with Crippen LogP contribution in [0.5, 0.6) is 5.75 Å². The van der Waals surface area contributed by atoms with Gasteiger partial charge in [0.05, 0.1) is 7.11 Å². The van der Waals surface area contributed by atoms with Crippen molar-refractivity contribution in [1.29, 1.82) is 0 Å². The lowest BCUT2D eigenvalue weighted by Crippen LogP contribution is -2.16. The smallest absolute Gasteiger partial charge is 0.161 e. The van der Waals surface area contributed by atoms with E-state index in [9.17, 15) is 0 Å². The van der Waals surface area contributed by atoms with Gasteiger partial charge in [-0.2, -0.15) is 0 Å². The van der Waals surface area contributed by atoms with Crippen LogP contribution in [0.4, 0.5) is 5.82 Å². The van der Waals surface area contributed by atoms with Gasteiger partial charge in [-0.3, -0.25) is 0 Å². The Balaban J connectivity index is 1.97. The van der Waals surface area contributed by atoms with Gasteiger partial charge >= 0.3 is 0 Å². The molecule has 3 N–H and O–H groups in total. The van der Waals surface area contributed by atoms with Gasteiger partial charge in [-0.15, -0.1) is 0 Å². The molecule has 1 aromatic heterocycles. The van der Waals surface area contributed by atoms with Gasteiger partial charge in [0.15, 0.2) is 5.82 Å². The highest BCUT2D eigenvalue weighted by molar-refractivity contribution is 5.61. The van der Waals surface area contributed by atoms with Gasteiger partial charge in [0.1, 0.15) is 11.6 Å². The first-order valence-corrected chi connectivity index (χ1v) is 7.30. The van der Waals surface area contributed by atoms with Gasteiger partial charge in [-0.25, -0.2) is 9.97 Å². The zero-order chi connectivity index (χ0) is 14.7. The van der Waals surface area contributed by atoms with Gasteiger partial charge < -0.3 is 15.8 Å². The topological polar surface area (TPSA) is 73.1 Å². The maximum absolute atomic E-state index is 5.58. The van der Waals surface area contributed by atoms with Crippen molar-refractivity contribution in [2.24, 2.45) is 5.73 Å². The fourth-order valence-electron chi connectivity index (χ4n) is 2.64. The van der Waals surface area contributed by atoms with E-state index < -0.39 is 0 Å². The normalized spacial score (nSPS) is 13.0. The van der Waals surface area contributed by atoms with Crippen LogP contribution in [-0.4, -0.2) is 30.2 Å². The number of hydrogen-bond donors (Lipinski definition) is 2. The number of aromatic nitrogens is 2. The molecule has 0 saturated heterocycles. The van der Waals surface area contributed by atoms with Crippen molar-refractivity contribution >= 4 is 5.82 Å². The molecule has 0 aliphatic heterocycles. The Morgan fingerprint density at radius 2 is 2.00 bits per heavy atom. The van der Waals surface area contributed by atoms with Crippen LogP contribution in [0.15, 0.2) is 24.3 Å². The Kier molecular flexibility index (Phi) is 4.01. The zero-order valence-corrected chi connectivity index (χ0v) is 12.2. The maximum Gasteiger partial charge on any atom is 0.161 e. The molecule has 0 fully saturated rings. The number of rotatable bonds is 5. The van der Waals surface area contributed by atoms with Crippen LogP contribution < -0.4 is 15.8 Å². The lowest BCUT2D eigenvalue weighted by molar-refractivity contribution is 0.415. The summed E-state index contributed by atoms with van der Waals surface area (Å²) < 4.78 is 5.19. The van der Waals surface area contributed by atoms with E-state index in [0.717, 1.165) is 54.5 Å². The molecule has 1 aromatic carbocycles. The number of anilines is 1. The molecule has 1 aliphatic carbocycles. The number of nitrogens with zero attached hydrogens (tertiary/aromatic N) is 2. The highest BCUT2D eigenvalue weighted by Gasteiger charge is 2.19. The minimum Gasteiger partial charge on any atom is -0.497 e. The summed E-state index contributed by atoms with van der Waals surface area (Å²) in [5.74, 6) is 2.54. The summed E-state index contributed by atoms with van der Waals surface area (Å²) in [6.07, 6.45) is 3.22. The summed E-state index contributed by atoms with van der Waals surface area (Å²) in [6.45, 7) is 1.32. The third-order valence-corrected chi connectivity index (χ3v) is 3.72. The first-order valence-electron chi connectivity index (χ1n) is 7.30. The van der Waals surface area contributed by atoms with Gasteiger partial charge in [0.25, 0.3) is 0 Å². The van der Waals surface area contributed by atoms with Crippen molar-refractivity contribution in [2.45, 2.75) is 19.3 Å². The molecule has 110 valence electrons. The molecule has 2 aromatic rings. The highest BCUT2D eigenvalue weighted by atomic mass is 16.5. The number of methoxy groups -OCH3 is 1. The maximum atomic E-state index is 5.58. The minimum atomic E-state index is 0.594. The summed E-state index contributed by atoms with van der Waals surface area (Å²) in [5, 5.41) is 3.33. The van der Waals surface area contributed by atoms with Crippen molar-refractivity contribution < 1.29 is 4.74 Å². The first kappa shape index (κ1) is 13.8. The molecule has 0 spiro atoms. The number of nitrogens with one attached hydrogen (secondary N) is 1. The molecule has 3 rings (SSSR count). The number of benzene rings is 1. The van der Waals surface area contributed by atoms with Gasteiger partial charge in [0.2, 0.25) is 0 Å². The predicted octanol–water partition coefficient (Wildman–Crippen LogP) is 2.01. The fraction of sp³-hybridized carbons (Fsp3) is 0.375. The lowest BCUT2D eigenvalue weighted by Gasteiger charge is -2.12. The van der Waals surface area contributed by atoms with Crippen molar-refractivity contribution in [3.05, 3.63) is 35.5 Å². The third kappa shape index (κ3) is 2.83. The molecule has 0 unspecified atom stereocenters. The molecule has 0 saturated carbocycles. The van der Waals surface area contributed by atoms with Gasteiger partial charge in [0, 0.05) is 29.9 Å². The van der Waals surface area contributed by atoms with Crippen LogP contribution >= 0.6 is 0 Å². The number of fused-ring (bicyclic) bond motifs is 1. The number of ether oxygens (including phenoxy) is 1. The number of hydrogen-bond acceptors (Lipinski definition) is 5. The second-order valence-corrected chi connectivity index (χ2v) is 5.12. The standard InChI is InChI=1S/C16H20N4O/c1-21-12-7-5-11(6-8-12)15-19-14-4-2-3-13(14)16(20-15)18-10-9-17/h5-8H,2-4,9-10,17H2,1H3,(H,18,19,20). The predicted molar refractivity (Wildman–Crippen MR) is 83.6 cm³/mol. The van der Waals surface area contributed by atoms with Crippen LogP contribution in [0.2, 0.25) is 0 Å². The molecule has 0 radical (unpaired) electrons. The monoisotopic (exact) mass is 284 g/mol. The van der Waals surface area contributed by atoms with E-state index in [4.69, 9.17) is 15.5 Å². The Labute approximate surface area is 124 Å². The minimum absolute atomic E-state index is 0.594. The van der Waals surface area contributed by atoms with Crippen LogP contribution in [0.25, 0.3) is 11.4 Å². The molecule has 5 heteroatoms. The van der Waals surface area contributed by atoms with Crippen molar-refractivity contribution in [3.8, 4) is 17.1 Å². The summed E-state index contributed by atoms with van der Waals surface area (Å²) in [7, 11) is 1.66. The highest BCUT2D eigenvalue weighted by Crippen LogP contribution is 2.29. The van der Waals surface area contributed by atoms with E-state index in [1.165, 1.54) is 5.56 Å². The van der Waals surface area contributed by atoms with Crippen LogP contribution in [0.3, 0.4) is 0 Å². The van der Waals surface area contributed by atoms with E-state index in [2.05, 4.69) is 10.3 Å². The second-order valence-electron chi connectivity index (χ2n) is 5.12. The molecule has 21 heavy (non-hydrogen) atoms. The lowest BCUT2D eigenvalue weighted by atomic mass is 10.1. The second kappa shape index (κ2) is 6.10. The summed E-state index contributed by atoms with van der Waals surface area (Å²) >= 11 is 0. The average molecular weight is 284 g/mol. The molecule has 0 atom stereocenters. The largest absolute Gasteiger partial charge is 0.497 e. The first-order chi connectivity index (χ1) is 10.3. The van der Waals surface area contributed by atoms with E-state index in [1.54, 1.807) is 7.11 Å². The molecule has 1 heterocycles. The molecule has 0 amide bonds. The van der Waals surface area contributed by atoms with Crippen molar-refractivity contribution in [3.63, 3.8) is 0 Å². The fourth-order valence-corrected chi connectivity index (χ4v) is 2.64. The molecular formula is C16H20N4O. The Morgan fingerprint density at radius 1 is 1.19 bits per heavy atom. The summed E-state index contributed by atoms with van der Waals surface area (Å²) in [5.41, 5.74) is 9.00. The Hall–Kier alpha value is -2.14. The Bertz CT molecular complexity index is 625. The molecule has 0 bridgehead atoms. The van der Waals surface area contributed by atoms with E-state index in [0.29, 0.717) is 6.54 Å². The van der Waals surface area contributed by atoms with Crippen molar-refractivity contribution in [1.82, 2.24) is 9.97 Å². The van der Waals surface area contributed by atoms with Crippen LogP contribution in [0.1, 0.15) is 17.7 Å². The summed E-state index contributed by atoms with van der Waals surface area (Å²) in [6, 6.07) is 7.84. The Morgan fingerprint density at radius 3 is 2.71 bits per heavy atom. The van der Waals surface area contributed by atoms with Gasteiger partial charge in [-0.05, 0) is 43.5 Å². The zero-order valence-electron chi connectivity index (χ0n) is 12.2. The number of aryl methyl sites for hydroxylation is 1. The molecule has 1 aliphatic rings. The van der Waals surface area contributed by atoms with E-state index in [-0.39, 0.29) is 0 Å².